The predicted molar refractivity (Wildman–Crippen MR) is 30.9 cm³/mol. The van der Waals surface area contributed by atoms with Crippen LogP contribution in [0, 0.1) is 0 Å². The highest BCUT2D eigenvalue weighted by atomic mass is 16.5. The lowest BCUT2D eigenvalue weighted by Gasteiger charge is -1.79. The van der Waals surface area contributed by atoms with Gasteiger partial charge in [0.1, 0.15) is 0 Å². The van der Waals surface area contributed by atoms with E-state index in [9.17, 15) is 4.79 Å². The first-order valence-electron chi connectivity index (χ1n) is 2.26. The second-order valence-corrected chi connectivity index (χ2v) is 0.840. The number of carbonyl (C=O) groups excluding carboxylic acids is 1. The molecule has 0 saturated heterocycles. The van der Waals surface area contributed by atoms with Crippen molar-refractivity contribution in [2.24, 2.45) is 5.84 Å². The molecular weight excluding hydrogens is 108 g/mol. The van der Waals surface area contributed by atoms with Crippen molar-refractivity contribution in [3.05, 3.63) is 0 Å². The molecule has 50 valence electrons. The van der Waals surface area contributed by atoms with Gasteiger partial charge in [0.25, 0.3) is 6.47 Å². The highest BCUT2D eigenvalue weighted by Crippen LogP contribution is 1.55. The Labute approximate surface area is 49.0 Å². The minimum Gasteiger partial charge on any atom is -0.468 e. The molecule has 4 heteroatoms. The Balaban J connectivity index is 0. The average molecular weight is 120 g/mol. The van der Waals surface area contributed by atoms with E-state index >= 15 is 0 Å². The zero-order valence-electron chi connectivity index (χ0n) is 5.18. The Morgan fingerprint density at radius 3 is 2.25 bits per heavy atom. The van der Waals surface area contributed by atoms with E-state index in [0.29, 0.717) is 13.1 Å². The molecule has 0 aliphatic carbocycles. The third-order valence-corrected chi connectivity index (χ3v) is 0.235. The summed E-state index contributed by atoms with van der Waals surface area (Å²) in [6.45, 7) is 2.66. The summed E-state index contributed by atoms with van der Waals surface area (Å²) >= 11 is 0. The summed E-state index contributed by atoms with van der Waals surface area (Å²) in [7, 11) is 1.65. The predicted octanol–water partition coefficient (Wildman–Crippen LogP) is -0.741. The molecule has 3 N–H and O–H groups in total. The Kier molecular flexibility index (Phi) is 21.0. The molecule has 0 amide bonds. The van der Waals surface area contributed by atoms with E-state index in [2.05, 4.69) is 16.0 Å². The Morgan fingerprint density at radius 1 is 1.88 bits per heavy atom. The second kappa shape index (κ2) is 16.2. The van der Waals surface area contributed by atoms with Crippen LogP contribution in [-0.2, 0) is 9.53 Å². The minimum atomic E-state index is 0.431. The second-order valence-electron chi connectivity index (χ2n) is 0.840. The lowest BCUT2D eigenvalue weighted by atomic mass is 10.9. The van der Waals surface area contributed by atoms with Gasteiger partial charge in [0.05, 0.1) is 6.61 Å². The van der Waals surface area contributed by atoms with Gasteiger partial charge in [-0.25, -0.2) is 0 Å². The first-order chi connectivity index (χ1) is 3.83. The van der Waals surface area contributed by atoms with Gasteiger partial charge in [-0.05, 0) is 14.0 Å². The van der Waals surface area contributed by atoms with Crippen molar-refractivity contribution < 1.29 is 9.53 Å². The van der Waals surface area contributed by atoms with Crippen LogP contribution in [0.2, 0.25) is 0 Å². The van der Waals surface area contributed by atoms with Crippen LogP contribution in [0.1, 0.15) is 6.92 Å². The molecule has 0 aromatic heterocycles. The largest absolute Gasteiger partial charge is 0.468 e. The average Bonchev–Trinajstić information content (AvgIpc) is 1.71. The lowest BCUT2D eigenvalue weighted by Crippen LogP contribution is -2.13. The van der Waals surface area contributed by atoms with Crippen LogP contribution in [0.25, 0.3) is 0 Å². The third-order valence-electron chi connectivity index (χ3n) is 0.235. The highest BCUT2D eigenvalue weighted by molar-refractivity contribution is 5.36. The maximum absolute atomic E-state index is 9.18. The normalized spacial score (nSPS) is 6.38. The summed E-state index contributed by atoms with van der Waals surface area (Å²) in [5.74, 6) is 4.60. The summed E-state index contributed by atoms with van der Waals surface area (Å²) in [4.78, 5) is 9.18. The van der Waals surface area contributed by atoms with Crippen molar-refractivity contribution >= 4 is 6.47 Å². The van der Waals surface area contributed by atoms with Crippen LogP contribution in [0.15, 0.2) is 0 Å². The first kappa shape index (κ1) is 10.4. The molecule has 0 bridgehead atoms. The number of ether oxygens (including phenoxy) is 1. The molecule has 0 aliphatic rings. The van der Waals surface area contributed by atoms with Crippen LogP contribution >= 0.6 is 0 Å². The van der Waals surface area contributed by atoms with E-state index < -0.39 is 0 Å². The number of hydrazine groups is 1. The number of nitrogens with two attached hydrogens (primary N) is 1. The fourth-order valence-electron chi connectivity index (χ4n) is 0.0680. The molecule has 0 aromatic rings. The SMILES string of the molecule is CCOC=O.CNN. The number of nitrogens with one attached hydrogen (secondary N) is 1. The molecule has 0 atom stereocenters. The van der Waals surface area contributed by atoms with Crippen LogP contribution in [-0.4, -0.2) is 20.1 Å². The van der Waals surface area contributed by atoms with Crippen LogP contribution in [0.3, 0.4) is 0 Å². The zero-order chi connectivity index (χ0) is 6.83. The van der Waals surface area contributed by atoms with E-state index in [1.165, 1.54) is 0 Å². The standard InChI is InChI=1S/C3H6O2.CH6N2/c1-2-5-3-4;1-3-2/h3H,2H2,1H3;3H,2H2,1H3. The molecular formula is C4H12N2O2. The van der Waals surface area contributed by atoms with Crippen molar-refractivity contribution in [3.63, 3.8) is 0 Å². The molecule has 0 radical (unpaired) electrons. The molecule has 0 spiro atoms. The van der Waals surface area contributed by atoms with Gasteiger partial charge in [-0.15, -0.1) is 0 Å². The van der Waals surface area contributed by atoms with Crippen molar-refractivity contribution in [3.8, 4) is 0 Å². The fraction of sp³-hybridized carbons (Fsp3) is 0.750. The Bertz CT molecular complexity index is 41.0. The number of hydrogen-bond acceptors (Lipinski definition) is 4. The molecule has 0 aromatic carbocycles. The summed E-state index contributed by atoms with van der Waals surface area (Å²) in [6, 6.07) is 0. The molecule has 0 fully saturated rings. The van der Waals surface area contributed by atoms with Crippen LogP contribution < -0.4 is 11.3 Å². The number of rotatable bonds is 2. The van der Waals surface area contributed by atoms with Gasteiger partial charge in [-0.1, -0.05) is 0 Å². The van der Waals surface area contributed by atoms with Crippen molar-refractivity contribution in [2.45, 2.75) is 6.92 Å². The zero-order valence-corrected chi connectivity index (χ0v) is 5.18. The highest BCUT2D eigenvalue weighted by Gasteiger charge is 1.60. The van der Waals surface area contributed by atoms with Gasteiger partial charge in [0.2, 0.25) is 0 Å². The molecule has 0 saturated carbocycles. The summed E-state index contributed by atoms with van der Waals surface area (Å²) in [5, 5.41) is 0. The molecule has 0 rings (SSSR count). The molecule has 8 heavy (non-hydrogen) atoms. The number of carbonyl (C=O) groups is 1. The molecule has 0 aliphatic heterocycles. The van der Waals surface area contributed by atoms with Gasteiger partial charge in [-0.3, -0.25) is 16.1 Å². The van der Waals surface area contributed by atoms with Gasteiger partial charge >= 0.3 is 0 Å². The van der Waals surface area contributed by atoms with Gasteiger partial charge < -0.3 is 4.74 Å². The van der Waals surface area contributed by atoms with E-state index in [1.807, 2.05) is 0 Å². The van der Waals surface area contributed by atoms with Crippen LogP contribution in [0.4, 0.5) is 0 Å². The smallest absolute Gasteiger partial charge is 0.293 e. The lowest BCUT2D eigenvalue weighted by molar-refractivity contribution is -0.128. The van der Waals surface area contributed by atoms with Crippen molar-refractivity contribution in [1.82, 2.24) is 5.43 Å². The quantitative estimate of drug-likeness (QED) is 0.286. The van der Waals surface area contributed by atoms with E-state index in [-0.39, 0.29) is 0 Å². The summed E-state index contributed by atoms with van der Waals surface area (Å²) < 4.78 is 4.15. The van der Waals surface area contributed by atoms with Crippen LogP contribution in [0.5, 0.6) is 0 Å². The first-order valence-corrected chi connectivity index (χ1v) is 2.26. The molecule has 0 heterocycles. The maximum Gasteiger partial charge on any atom is 0.293 e. The monoisotopic (exact) mass is 120 g/mol. The molecule has 0 unspecified atom stereocenters. The third kappa shape index (κ3) is 53.8. The maximum atomic E-state index is 9.18. The number of hydrogen-bond donors (Lipinski definition) is 2. The molecule has 4 nitrogen and oxygen atoms in total. The summed E-state index contributed by atoms with van der Waals surface area (Å²) in [5.41, 5.74) is 2.25. The van der Waals surface area contributed by atoms with Gasteiger partial charge in [0.15, 0.2) is 0 Å². The Morgan fingerprint density at radius 2 is 2.25 bits per heavy atom. The van der Waals surface area contributed by atoms with Gasteiger partial charge in [0, 0.05) is 0 Å². The van der Waals surface area contributed by atoms with E-state index in [1.54, 1.807) is 14.0 Å². The van der Waals surface area contributed by atoms with Crippen molar-refractivity contribution in [2.75, 3.05) is 13.7 Å². The fourth-order valence-corrected chi connectivity index (χ4v) is 0.0680. The van der Waals surface area contributed by atoms with E-state index in [0.717, 1.165) is 0 Å². The van der Waals surface area contributed by atoms with Gasteiger partial charge in [-0.2, -0.15) is 0 Å². The summed E-state index contributed by atoms with van der Waals surface area (Å²) in [6.07, 6.45) is 0. The minimum absolute atomic E-state index is 0.431. The Hall–Kier alpha value is -0.610. The topological polar surface area (TPSA) is 64.3 Å². The van der Waals surface area contributed by atoms with E-state index in [4.69, 9.17) is 0 Å². The van der Waals surface area contributed by atoms with Crippen molar-refractivity contribution in [1.29, 1.82) is 0 Å².